The molecular formula is C16H21N3S. The Kier molecular flexibility index (Phi) is 4.90. The molecule has 0 bridgehead atoms. The summed E-state index contributed by atoms with van der Waals surface area (Å²) in [6, 6.07) is 12.3. The predicted octanol–water partition coefficient (Wildman–Crippen LogP) is 3.08. The molecule has 0 radical (unpaired) electrons. The number of nitrogens with zero attached hydrogens (tertiary/aromatic N) is 2. The van der Waals surface area contributed by atoms with Crippen molar-refractivity contribution in [1.29, 1.82) is 0 Å². The Balaban J connectivity index is 2.29. The molecule has 20 heavy (non-hydrogen) atoms. The second-order valence-corrected chi connectivity index (χ2v) is 5.35. The second-order valence-electron chi connectivity index (χ2n) is 4.88. The SMILES string of the molecule is CCc1cc(CC)n(CC(C(N)=S)c2ccccc2)n1. The van der Waals surface area contributed by atoms with Crippen molar-refractivity contribution >= 4 is 17.2 Å². The topological polar surface area (TPSA) is 43.8 Å². The average molecular weight is 287 g/mol. The Morgan fingerprint density at radius 2 is 1.95 bits per heavy atom. The summed E-state index contributed by atoms with van der Waals surface area (Å²) >= 11 is 5.25. The van der Waals surface area contributed by atoms with Gasteiger partial charge in [-0.25, -0.2) is 0 Å². The van der Waals surface area contributed by atoms with E-state index in [1.54, 1.807) is 0 Å². The van der Waals surface area contributed by atoms with Crippen LogP contribution >= 0.6 is 12.2 Å². The van der Waals surface area contributed by atoms with Crippen molar-refractivity contribution in [1.82, 2.24) is 9.78 Å². The quantitative estimate of drug-likeness (QED) is 0.830. The number of aromatic nitrogens is 2. The van der Waals surface area contributed by atoms with Gasteiger partial charge in [-0.3, -0.25) is 4.68 Å². The monoisotopic (exact) mass is 287 g/mol. The average Bonchev–Trinajstić information content (AvgIpc) is 2.87. The Bertz CT molecular complexity index is 575. The highest BCUT2D eigenvalue weighted by Gasteiger charge is 2.17. The van der Waals surface area contributed by atoms with Crippen molar-refractivity contribution in [2.45, 2.75) is 39.2 Å². The van der Waals surface area contributed by atoms with E-state index in [0.717, 1.165) is 24.1 Å². The second kappa shape index (κ2) is 6.66. The minimum absolute atomic E-state index is 0.0288. The maximum absolute atomic E-state index is 5.94. The van der Waals surface area contributed by atoms with Gasteiger partial charge in [-0.2, -0.15) is 5.10 Å². The van der Waals surface area contributed by atoms with Crippen LogP contribution < -0.4 is 5.73 Å². The Morgan fingerprint density at radius 3 is 2.50 bits per heavy atom. The molecule has 0 fully saturated rings. The summed E-state index contributed by atoms with van der Waals surface area (Å²) in [5.74, 6) is 0.0288. The molecule has 1 unspecified atom stereocenters. The fourth-order valence-corrected chi connectivity index (χ4v) is 2.56. The van der Waals surface area contributed by atoms with Crippen LogP contribution in [0.1, 0.15) is 36.7 Å². The van der Waals surface area contributed by atoms with Crippen molar-refractivity contribution in [3.8, 4) is 0 Å². The van der Waals surface area contributed by atoms with Gasteiger partial charge < -0.3 is 5.73 Å². The third kappa shape index (κ3) is 3.25. The highest BCUT2D eigenvalue weighted by atomic mass is 32.1. The molecule has 1 aromatic carbocycles. The summed E-state index contributed by atoms with van der Waals surface area (Å²) in [5, 5.41) is 4.65. The Labute approximate surface area is 125 Å². The molecule has 0 aliphatic carbocycles. The molecule has 3 nitrogen and oxygen atoms in total. The maximum Gasteiger partial charge on any atom is 0.0822 e. The first-order chi connectivity index (χ1) is 9.65. The number of nitrogens with two attached hydrogens (primary N) is 1. The summed E-state index contributed by atoms with van der Waals surface area (Å²) in [6.07, 6.45) is 1.91. The number of benzene rings is 1. The normalized spacial score (nSPS) is 12.3. The molecule has 0 amide bonds. The summed E-state index contributed by atoms with van der Waals surface area (Å²) < 4.78 is 2.05. The molecule has 0 spiro atoms. The van der Waals surface area contributed by atoms with Crippen molar-refractivity contribution in [3.05, 3.63) is 53.3 Å². The van der Waals surface area contributed by atoms with Crippen LogP contribution in [-0.2, 0) is 19.4 Å². The predicted molar refractivity (Wildman–Crippen MR) is 87.0 cm³/mol. The van der Waals surface area contributed by atoms with Crippen LogP contribution in [0.15, 0.2) is 36.4 Å². The van der Waals surface area contributed by atoms with Crippen LogP contribution in [0.2, 0.25) is 0 Å². The van der Waals surface area contributed by atoms with E-state index in [2.05, 4.69) is 41.8 Å². The first-order valence-corrected chi connectivity index (χ1v) is 7.46. The van der Waals surface area contributed by atoms with Gasteiger partial charge in [0.25, 0.3) is 0 Å². The first kappa shape index (κ1) is 14.7. The summed E-state index contributed by atoms with van der Waals surface area (Å²) in [7, 11) is 0. The molecule has 106 valence electrons. The lowest BCUT2D eigenvalue weighted by Gasteiger charge is -2.17. The van der Waals surface area contributed by atoms with Gasteiger partial charge in [0.2, 0.25) is 0 Å². The molecule has 4 heteroatoms. The molecule has 2 aromatic rings. The zero-order valence-corrected chi connectivity index (χ0v) is 12.9. The van der Waals surface area contributed by atoms with Crippen molar-refractivity contribution in [2.75, 3.05) is 0 Å². The molecule has 2 N–H and O–H groups in total. The van der Waals surface area contributed by atoms with E-state index in [1.165, 1.54) is 5.69 Å². The highest BCUT2D eigenvalue weighted by molar-refractivity contribution is 7.80. The lowest BCUT2D eigenvalue weighted by atomic mass is 9.99. The van der Waals surface area contributed by atoms with Crippen LogP contribution in [0, 0.1) is 0 Å². The van der Waals surface area contributed by atoms with Crippen LogP contribution in [0.5, 0.6) is 0 Å². The molecule has 1 heterocycles. The number of aryl methyl sites for hydroxylation is 2. The largest absolute Gasteiger partial charge is 0.393 e. The van der Waals surface area contributed by atoms with Gasteiger partial charge in [0, 0.05) is 5.69 Å². The summed E-state index contributed by atoms with van der Waals surface area (Å²) in [6.45, 7) is 4.97. The minimum atomic E-state index is 0.0288. The van der Waals surface area contributed by atoms with Gasteiger partial charge in [-0.05, 0) is 24.5 Å². The van der Waals surface area contributed by atoms with E-state index in [-0.39, 0.29) is 5.92 Å². The Hall–Kier alpha value is -1.68. The number of hydrogen-bond acceptors (Lipinski definition) is 2. The Morgan fingerprint density at radius 1 is 1.25 bits per heavy atom. The van der Waals surface area contributed by atoms with Gasteiger partial charge in [0.15, 0.2) is 0 Å². The summed E-state index contributed by atoms with van der Waals surface area (Å²) in [5.41, 5.74) is 9.44. The van der Waals surface area contributed by atoms with E-state index in [9.17, 15) is 0 Å². The van der Waals surface area contributed by atoms with Crippen LogP contribution in [0.25, 0.3) is 0 Å². The zero-order valence-electron chi connectivity index (χ0n) is 12.0. The van der Waals surface area contributed by atoms with Gasteiger partial charge in [0.05, 0.1) is 23.1 Å². The third-order valence-electron chi connectivity index (χ3n) is 3.54. The molecule has 0 saturated heterocycles. The van der Waals surface area contributed by atoms with Crippen LogP contribution in [-0.4, -0.2) is 14.8 Å². The standard InChI is InChI=1S/C16H21N3S/c1-3-13-10-14(4-2)19(18-13)11-15(16(17)20)12-8-6-5-7-9-12/h5-10,15H,3-4,11H2,1-2H3,(H2,17,20). The molecule has 0 aliphatic heterocycles. The van der Waals surface area contributed by atoms with Crippen LogP contribution in [0.3, 0.4) is 0 Å². The van der Waals surface area contributed by atoms with E-state index in [4.69, 9.17) is 18.0 Å². The lowest BCUT2D eigenvalue weighted by Crippen LogP contribution is -2.25. The fraction of sp³-hybridized carbons (Fsp3) is 0.375. The zero-order chi connectivity index (χ0) is 14.5. The molecule has 2 rings (SSSR count). The summed E-state index contributed by atoms with van der Waals surface area (Å²) in [4.78, 5) is 0.520. The highest BCUT2D eigenvalue weighted by Crippen LogP contribution is 2.20. The molecule has 0 aliphatic rings. The fourth-order valence-electron chi connectivity index (χ4n) is 2.35. The van der Waals surface area contributed by atoms with Crippen molar-refractivity contribution in [2.24, 2.45) is 5.73 Å². The van der Waals surface area contributed by atoms with Gasteiger partial charge in [0.1, 0.15) is 0 Å². The smallest absolute Gasteiger partial charge is 0.0822 e. The van der Waals surface area contributed by atoms with E-state index >= 15 is 0 Å². The van der Waals surface area contributed by atoms with Gasteiger partial charge >= 0.3 is 0 Å². The third-order valence-corrected chi connectivity index (χ3v) is 3.82. The van der Waals surface area contributed by atoms with E-state index in [1.807, 2.05) is 18.2 Å². The number of hydrogen-bond donors (Lipinski definition) is 1. The molecule has 1 atom stereocenters. The maximum atomic E-state index is 5.94. The number of rotatable bonds is 6. The molecule has 1 aromatic heterocycles. The molecule has 0 saturated carbocycles. The number of thiocarbonyl (C=S) groups is 1. The van der Waals surface area contributed by atoms with Gasteiger partial charge in [-0.1, -0.05) is 56.4 Å². The lowest BCUT2D eigenvalue weighted by molar-refractivity contribution is 0.560. The van der Waals surface area contributed by atoms with Crippen LogP contribution in [0.4, 0.5) is 0 Å². The minimum Gasteiger partial charge on any atom is -0.393 e. The van der Waals surface area contributed by atoms with Crippen molar-refractivity contribution in [3.63, 3.8) is 0 Å². The van der Waals surface area contributed by atoms with Gasteiger partial charge in [-0.15, -0.1) is 0 Å². The van der Waals surface area contributed by atoms with E-state index < -0.39 is 0 Å². The first-order valence-electron chi connectivity index (χ1n) is 7.05. The molecular weight excluding hydrogens is 266 g/mol. The van der Waals surface area contributed by atoms with E-state index in [0.29, 0.717) is 11.5 Å². The van der Waals surface area contributed by atoms with Crippen molar-refractivity contribution < 1.29 is 0 Å².